The Balaban J connectivity index is 2.05. The molecule has 0 atom stereocenters. The summed E-state index contributed by atoms with van der Waals surface area (Å²) in [6.45, 7) is 0. The van der Waals surface area contributed by atoms with E-state index in [1.165, 1.54) is 10.6 Å². The summed E-state index contributed by atoms with van der Waals surface area (Å²) in [4.78, 5) is 31.5. The molecule has 0 bridgehead atoms. The number of benzene rings is 3. The number of aromatic nitrogens is 3. The van der Waals surface area contributed by atoms with Gasteiger partial charge in [0.25, 0.3) is 5.56 Å². The Kier molecular flexibility index (Phi) is 4.06. The second kappa shape index (κ2) is 6.77. The predicted molar refractivity (Wildman–Crippen MR) is 115 cm³/mol. The Labute approximate surface area is 170 Å². The van der Waals surface area contributed by atoms with Gasteiger partial charge in [0.05, 0.1) is 16.8 Å². The molecule has 146 valence electrons. The molecule has 5 aromatic rings. The van der Waals surface area contributed by atoms with Crippen molar-refractivity contribution in [3.63, 3.8) is 0 Å². The highest BCUT2D eigenvalue weighted by Crippen LogP contribution is 2.25. The summed E-state index contributed by atoms with van der Waals surface area (Å²) < 4.78 is 17.7. The first-order chi connectivity index (χ1) is 14.6. The molecule has 0 aliphatic carbocycles. The minimum atomic E-state index is -0.532. The van der Waals surface area contributed by atoms with Crippen LogP contribution in [0.15, 0.2) is 88.5 Å². The van der Waals surface area contributed by atoms with Gasteiger partial charge in [0, 0.05) is 12.4 Å². The van der Waals surface area contributed by atoms with Crippen molar-refractivity contribution in [1.82, 2.24) is 14.1 Å². The molecule has 3 aromatic carbocycles. The summed E-state index contributed by atoms with van der Waals surface area (Å²) in [6, 6.07) is 22.0. The number of para-hydroxylation sites is 2. The van der Waals surface area contributed by atoms with Crippen molar-refractivity contribution in [2.45, 2.75) is 0 Å². The van der Waals surface area contributed by atoms with Crippen molar-refractivity contribution in [3.8, 4) is 17.1 Å². The third-order valence-electron chi connectivity index (χ3n) is 5.25. The number of halogens is 1. The van der Waals surface area contributed by atoms with Crippen molar-refractivity contribution in [1.29, 1.82) is 0 Å². The highest BCUT2D eigenvalue weighted by atomic mass is 19.1. The third kappa shape index (κ3) is 2.58. The second-order valence-corrected chi connectivity index (χ2v) is 7.00. The number of pyridine rings is 1. The van der Waals surface area contributed by atoms with Crippen LogP contribution in [0, 0.1) is 5.82 Å². The molecule has 2 aromatic heterocycles. The SMILES string of the molecule is Cn1c2ccccc2c(=O)c2c(=O)n(-c3ccccc3)c(-c3ccccc3F)nc21. The Morgan fingerprint density at radius 2 is 1.50 bits per heavy atom. The number of nitrogens with zero attached hydrogens (tertiary/aromatic N) is 3. The third-order valence-corrected chi connectivity index (χ3v) is 5.25. The molecular weight excluding hydrogens is 381 g/mol. The van der Waals surface area contributed by atoms with Crippen LogP contribution in [0.2, 0.25) is 0 Å². The van der Waals surface area contributed by atoms with Gasteiger partial charge in [-0.05, 0) is 36.4 Å². The zero-order chi connectivity index (χ0) is 20.8. The lowest BCUT2D eigenvalue weighted by Gasteiger charge is -2.16. The van der Waals surface area contributed by atoms with Gasteiger partial charge in [-0.1, -0.05) is 42.5 Å². The van der Waals surface area contributed by atoms with Gasteiger partial charge in [0.15, 0.2) is 11.5 Å². The number of fused-ring (bicyclic) bond motifs is 2. The largest absolute Gasteiger partial charge is 0.328 e. The topological polar surface area (TPSA) is 56.9 Å². The first-order valence-electron chi connectivity index (χ1n) is 9.43. The van der Waals surface area contributed by atoms with E-state index in [-0.39, 0.29) is 27.9 Å². The zero-order valence-corrected chi connectivity index (χ0v) is 16.0. The standard InChI is InChI=1S/C24H16FN3O2/c1-27-19-14-8-6-12-17(19)21(29)20-23(27)26-22(16-11-5-7-13-18(16)25)28(24(20)30)15-9-3-2-4-10-15/h2-14H,1H3. The normalized spacial score (nSPS) is 11.3. The summed E-state index contributed by atoms with van der Waals surface area (Å²) in [5, 5.41) is 0.407. The molecular formula is C24H16FN3O2. The van der Waals surface area contributed by atoms with Gasteiger partial charge in [-0.15, -0.1) is 0 Å². The van der Waals surface area contributed by atoms with Crippen molar-refractivity contribution < 1.29 is 4.39 Å². The highest BCUT2D eigenvalue weighted by molar-refractivity contribution is 5.92. The second-order valence-electron chi connectivity index (χ2n) is 7.00. The minimum Gasteiger partial charge on any atom is -0.328 e. The summed E-state index contributed by atoms with van der Waals surface area (Å²) in [5.41, 5.74) is 0.635. The molecule has 0 radical (unpaired) electrons. The molecule has 0 saturated heterocycles. The van der Waals surface area contributed by atoms with Crippen molar-refractivity contribution in [2.24, 2.45) is 7.05 Å². The van der Waals surface area contributed by atoms with Crippen LogP contribution in [0.5, 0.6) is 0 Å². The zero-order valence-electron chi connectivity index (χ0n) is 16.0. The maximum Gasteiger partial charge on any atom is 0.271 e. The average molecular weight is 397 g/mol. The summed E-state index contributed by atoms with van der Waals surface area (Å²) in [6.07, 6.45) is 0. The molecule has 0 N–H and O–H groups in total. The lowest BCUT2D eigenvalue weighted by atomic mass is 10.1. The molecule has 2 heterocycles. The van der Waals surface area contributed by atoms with Crippen molar-refractivity contribution >= 4 is 21.9 Å². The summed E-state index contributed by atoms with van der Waals surface area (Å²) in [5.74, 6) is -0.360. The monoisotopic (exact) mass is 397 g/mol. The molecule has 0 unspecified atom stereocenters. The fourth-order valence-electron chi connectivity index (χ4n) is 3.80. The van der Waals surface area contributed by atoms with E-state index < -0.39 is 11.4 Å². The Bertz CT molecular complexity index is 1550. The first-order valence-corrected chi connectivity index (χ1v) is 9.43. The lowest BCUT2D eigenvalue weighted by Crippen LogP contribution is -2.28. The van der Waals surface area contributed by atoms with Gasteiger partial charge < -0.3 is 4.57 Å². The van der Waals surface area contributed by atoms with Crippen molar-refractivity contribution in [2.75, 3.05) is 0 Å². The molecule has 0 aliphatic heterocycles. The van der Waals surface area contributed by atoms with Crippen LogP contribution >= 0.6 is 0 Å². The van der Waals surface area contributed by atoms with Crippen LogP contribution in [0.4, 0.5) is 4.39 Å². The Morgan fingerprint density at radius 3 is 2.27 bits per heavy atom. The van der Waals surface area contributed by atoms with Crippen LogP contribution in [0.1, 0.15) is 0 Å². The van der Waals surface area contributed by atoms with Gasteiger partial charge in [-0.2, -0.15) is 0 Å². The molecule has 5 nitrogen and oxygen atoms in total. The minimum absolute atomic E-state index is 0.0276. The Hall–Kier alpha value is -4.06. The fraction of sp³-hybridized carbons (Fsp3) is 0.0417. The van der Waals surface area contributed by atoms with E-state index in [1.807, 2.05) is 12.1 Å². The van der Waals surface area contributed by atoms with E-state index in [0.29, 0.717) is 16.6 Å². The van der Waals surface area contributed by atoms with Gasteiger partial charge in [-0.25, -0.2) is 9.37 Å². The molecule has 0 saturated carbocycles. The van der Waals surface area contributed by atoms with E-state index in [2.05, 4.69) is 4.98 Å². The summed E-state index contributed by atoms with van der Waals surface area (Å²) >= 11 is 0. The maximum atomic E-state index is 14.7. The lowest BCUT2D eigenvalue weighted by molar-refractivity contribution is 0.629. The van der Waals surface area contributed by atoms with Crippen LogP contribution < -0.4 is 11.0 Å². The van der Waals surface area contributed by atoms with Crippen molar-refractivity contribution in [3.05, 3.63) is 105 Å². The van der Waals surface area contributed by atoms with Crippen LogP contribution in [-0.4, -0.2) is 14.1 Å². The number of rotatable bonds is 2. The maximum absolute atomic E-state index is 14.7. The van der Waals surface area contributed by atoms with E-state index in [1.54, 1.807) is 72.3 Å². The van der Waals surface area contributed by atoms with Gasteiger partial charge in [0.1, 0.15) is 11.2 Å². The summed E-state index contributed by atoms with van der Waals surface area (Å²) in [7, 11) is 1.74. The van der Waals surface area contributed by atoms with E-state index in [4.69, 9.17) is 0 Å². The molecule has 0 amide bonds. The quantitative estimate of drug-likeness (QED) is 0.423. The van der Waals surface area contributed by atoms with Gasteiger partial charge >= 0.3 is 0 Å². The predicted octanol–water partition coefficient (Wildman–Crippen LogP) is 4.04. The number of hydrogen-bond acceptors (Lipinski definition) is 3. The molecule has 0 fully saturated rings. The van der Waals surface area contributed by atoms with E-state index >= 15 is 0 Å². The highest BCUT2D eigenvalue weighted by Gasteiger charge is 2.21. The Morgan fingerprint density at radius 1 is 0.833 bits per heavy atom. The molecule has 0 spiro atoms. The average Bonchev–Trinajstić information content (AvgIpc) is 2.78. The van der Waals surface area contributed by atoms with Crippen LogP contribution in [0.25, 0.3) is 39.0 Å². The van der Waals surface area contributed by atoms with Crippen LogP contribution in [0.3, 0.4) is 0 Å². The molecule has 5 rings (SSSR count). The number of aryl methyl sites for hydroxylation is 1. The number of hydrogen-bond donors (Lipinski definition) is 0. The smallest absolute Gasteiger partial charge is 0.271 e. The van der Waals surface area contributed by atoms with Gasteiger partial charge in [0.2, 0.25) is 5.43 Å². The molecule has 30 heavy (non-hydrogen) atoms. The first kappa shape index (κ1) is 18.0. The van der Waals surface area contributed by atoms with E-state index in [9.17, 15) is 14.0 Å². The molecule has 0 aliphatic rings. The van der Waals surface area contributed by atoms with Crippen LogP contribution in [-0.2, 0) is 7.05 Å². The molecule has 6 heteroatoms. The van der Waals surface area contributed by atoms with Gasteiger partial charge in [-0.3, -0.25) is 14.2 Å². The van der Waals surface area contributed by atoms with E-state index in [0.717, 1.165) is 0 Å². The fourth-order valence-corrected chi connectivity index (χ4v) is 3.80.